The van der Waals surface area contributed by atoms with E-state index in [9.17, 15) is 13.5 Å². The van der Waals surface area contributed by atoms with Crippen LogP contribution >= 0.6 is 0 Å². The second-order valence-corrected chi connectivity index (χ2v) is 7.71. The minimum atomic E-state index is -3.55. The number of aliphatic hydroxyl groups excluding tert-OH is 1. The maximum Gasteiger partial charge on any atom is 0.240 e. The first kappa shape index (κ1) is 16.3. The molecule has 118 valence electrons. The molecule has 0 saturated heterocycles. The van der Waals surface area contributed by atoms with Crippen molar-refractivity contribution in [2.24, 2.45) is 11.8 Å². The van der Waals surface area contributed by atoms with Gasteiger partial charge >= 0.3 is 0 Å². The van der Waals surface area contributed by atoms with Gasteiger partial charge in [0.25, 0.3) is 0 Å². The summed E-state index contributed by atoms with van der Waals surface area (Å²) in [5.74, 6) is 0.422. The molecule has 1 aliphatic carbocycles. The fourth-order valence-electron chi connectivity index (χ4n) is 2.93. The monoisotopic (exact) mass is 312 g/mol. The number of nitrogens with one attached hydrogen (secondary N) is 1. The van der Waals surface area contributed by atoms with E-state index in [4.69, 9.17) is 5.73 Å². The molecule has 1 saturated carbocycles. The zero-order chi connectivity index (χ0) is 15.6. The topological polar surface area (TPSA) is 92.4 Å². The third-order valence-electron chi connectivity index (χ3n) is 4.58. The fraction of sp³-hybridized carbons (Fsp3) is 0.600. The highest BCUT2D eigenvalue weighted by atomic mass is 32.2. The van der Waals surface area contributed by atoms with Crippen molar-refractivity contribution >= 4 is 15.7 Å². The molecular weight excluding hydrogens is 288 g/mol. The minimum Gasteiger partial charge on any atom is -0.398 e. The summed E-state index contributed by atoms with van der Waals surface area (Å²) in [6.07, 6.45) is 2.98. The lowest BCUT2D eigenvalue weighted by Gasteiger charge is -2.18. The van der Waals surface area contributed by atoms with Gasteiger partial charge in [-0.15, -0.1) is 0 Å². The number of nitrogens with two attached hydrogens (primary N) is 1. The Hall–Kier alpha value is -1.11. The third kappa shape index (κ3) is 3.56. The molecule has 0 aliphatic heterocycles. The van der Waals surface area contributed by atoms with Crippen LogP contribution in [0.4, 0.5) is 5.69 Å². The summed E-state index contributed by atoms with van der Waals surface area (Å²) < 4.78 is 27.4. The van der Waals surface area contributed by atoms with E-state index in [1.54, 1.807) is 6.07 Å². The Balaban J connectivity index is 2.12. The molecule has 21 heavy (non-hydrogen) atoms. The van der Waals surface area contributed by atoms with Crippen LogP contribution in [0.1, 0.15) is 30.4 Å². The van der Waals surface area contributed by atoms with Crippen LogP contribution in [0.3, 0.4) is 0 Å². The lowest BCUT2D eigenvalue weighted by molar-refractivity contribution is 0.195. The molecule has 0 spiro atoms. The van der Waals surface area contributed by atoms with Gasteiger partial charge in [0.2, 0.25) is 10.0 Å². The summed E-state index contributed by atoms with van der Waals surface area (Å²) in [7, 11) is -3.55. The van der Waals surface area contributed by atoms with Crippen LogP contribution in [0.5, 0.6) is 0 Å². The molecule has 0 amide bonds. The van der Waals surface area contributed by atoms with E-state index in [0.29, 0.717) is 12.2 Å². The summed E-state index contributed by atoms with van der Waals surface area (Å²) >= 11 is 0. The molecule has 5 nitrogen and oxygen atoms in total. The number of nitrogen functional groups attached to an aromatic ring is 1. The van der Waals surface area contributed by atoms with E-state index >= 15 is 0 Å². The van der Waals surface area contributed by atoms with Crippen LogP contribution in [0, 0.1) is 25.7 Å². The van der Waals surface area contributed by atoms with E-state index in [0.717, 1.165) is 30.4 Å². The zero-order valence-corrected chi connectivity index (χ0v) is 13.4. The Kier molecular flexibility index (Phi) is 4.91. The summed E-state index contributed by atoms with van der Waals surface area (Å²) in [5.41, 5.74) is 8.12. The molecule has 1 aliphatic rings. The molecule has 1 fully saturated rings. The van der Waals surface area contributed by atoms with Gasteiger partial charge in [-0.3, -0.25) is 0 Å². The van der Waals surface area contributed by atoms with Gasteiger partial charge in [-0.05, 0) is 61.8 Å². The van der Waals surface area contributed by atoms with Crippen LogP contribution < -0.4 is 10.5 Å². The van der Waals surface area contributed by atoms with Crippen LogP contribution in [0.25, 0.3) is 0 Å². The second kappa shape index (κ2) is 6.34. The lowest BCUT2D eigenvalue weighted by Crippen LogP contribution is -2.31. The SMILES string of the molecule is Cc1cc(S(=O)(=O)NCC2CCCC2CO)cc(N)c1C. The maximum absolute atomic E-state index is 12.4. The van der Waals surface area contributed by atoms with Crippen molar-refractivity contribution in [3.8, 4) is 0 Å². The maximum atomic E-state index is 12.4. The highest BCUT2D eigenvalue weighted by Crippen LogP contribution is 2.31. The molecule has 0 radical (unpaired) electrons. The Bertz CT molecular complexity index is 590. The Labute approximate surface area is 126 Å². The Morgan fingerprint density at radius 3 is 2.57 bits per heavy atom. The standard InChI is InChI=1S/C15H24N2O3S/c1-10-6-14(7-15(16)11(10)2)21(19,20)17-8-12-4-3-5-13(12)9-18/h6-7,12-13,17-18H,3-5,8-9,16H2,1-2H3. The first-order chi connectivity index (χ1) is 9.85. The van der Waals surface area contributed by atoms with Gasteiger partial charge in [-0.25, -0.2) is 13.1 Å². The average molecular weight is 312 g/mol. The molecule has 0 bridgehead atoms. The van der Waals surface area contributed by atoms with E-state index < -0.39 is 10.0 Å². The van der Waals surface area contributed by atoms with Crippen molar-refractivity contribution in [2.45, 2.75) is 38.0 Å². The third-order valence-corrected chi connectivity index (χ3v) is 5.98. The molecule has 2 unspecified atom stereocenters. The number of rotatable bonds is 5. The number of sulfonamides is 1. The number of aliphatic hydroxyl groups is 1. The van der Waals surface area contributed by atoms with Gasteiger partial charge in [-0.2, -0.15) is 0 Å². The molecule has 0 heterocycles. The van der Waals surface area contributed by atoms with Gasteiger partial charge in [0.05, 0.1) is 4.90 Å². The average Bonchev–Trinajstić information content (AvgIpc) is 2.89. The van der Waals surface area contributed by atoms with Crippen LogP contribution in [0.2, 0.25) is 0 Å². The van der Waals surface area contributed by atoms with Crippen molar-refractivity contribution in [2.75, 3.05) is 18.9 Å². The fourth-order valence-corrected chi connectivity index (χ4v) is 4.14. The number of anilines is 1. The quantitative estimate of drug-likeness (QED) is 0.720. The van der Waals surface area contributed by atoms with Gasteiger partial charge in [-0.1, -0.05) is 6.42 Å². The van der Waals surface area contributed by atoms with E-state index in [2.05, 4.69) is 4.72 Å². The smallest absolute Gasteiger partial charge is 0.240 e. The zero-order valence-electron chi connectivity index (χ0n) is 12.6. The van der Waals surface area contributed by atoms with Crippen molar-refractivity contribution in [1.29, 1.82) is 0 Å². The van der Waals surface area contributed by atoms with Crippen LogP contribution in [0.15, 0.2) is 17.0 Å². The summed E-state index contributed by atoms with van der Waals surface area (Å²) in [6.45, 7) is 4.23. The van der Waals surface area contributed by atoms with E-state index in [-0.39, 0.29) is 23.3 Å². The minimum absolute atomic E-state index is 0.128. The molecule has 1 aromatic rings. The number of benzene rings is 1. The molecular formula is C15H24N2O3S. The first-order valence-electron chi connectivity index (χ1n) is 7.32. The predicted octanol–water partition coefficient (Wildman–Crippen LogP) is 1.57. The number of aryl methyl sites for hydroxylation is 1. The molecule has 0 aromatic heterocycles. The van der Waals surface area contributed by atoms with Gasteiger partial charge < -0.3 is 10.8 Å². The van der Waals surface area contributed by atoms with E-state index in [1.807, 2.05) is 13.8 Å². The van der Waals surface area contributed by atoms with E-state index in [1.165, 1.54) is 6.07 Å². The van der Waals surface area contributed by atoms with Crippen LogP contribution in [-0.2, 0) is 10.0 Å². The van der Waals surface area contributed by atoms with Crippen molar-refractivity contribution < 1.29 is 13.5 Å². The highest BCUT2D eigenvalue weighted by molar-refractivity contribution is 7.89. The number of hydrogen-bond donors (Lipinski definition) is 3. The molecule has 2 atom stereocenters. The largest absolute Gasteiger partial charge is 0.398 e. The molecule has 6 heteroatoms. The van der Waals surface area contributed by atoms with Crippen molar-refractivity contribution in [1.82, 2.24) is 4.72 Å². The highest BCUT2D eigenvalue weighted by Gasteiger charge is 2.28. The molecule has 4 N–H and O–H groups in total. The number of hydrogen-bond acceptors (Lipinski definition) is 4. The van der Waals surface area contributed by atoms with Gasteiger partial charge in [0, 0.05) is 18.8 Å². The Morgan fingerprint density at radius 2 is 1.95 bits per heavy atom. The Morgan fingerprint density at radius 1 is 1.29 bits per heavy atom. The van der Waals surface area contributed by atoms with Crippen LogP contribution in [-0.4, -0.2) is 26.7 Å². The molecule has 2 rings (SSSR count). The first-order valence-corrected chi connectivity index (χ1v) is 8.80. The lowest BCUT2D eigenvalue weighted by atomic mass is 9.97. The predicted molar refractivity (Wildman–Crippen MR) is 83.4 cm³/mol. The van der Waals surface area contributed by atoms with Crippen molar-refractivity contribution in [3.63, 3.8) is 0 Å². The summed E-state index contributed by atoms with van der Waals surface area (Å²) in [4.78, 5) is 0.210. The van der Waals surface area contributed by atoms with Gasteiger partial charge in [0.15, 0.2) is 0 Å². The normalized spacial score (nSPS) is 22.6. The van der Waals surface area contributed by atoms with Gasteiger partial charge in [0.1, 0.15) is 0 Å². The summed E-state index contributed by atoms with van der Waals surface area (Å²) in [6, 6.07) is 3.15. The second-order valence-electron chi connectivity index (χ2n) is 5.94. The molecule has 1 aromatic carbocycles. The summed E-state index contributed by atoms with van der Waals surface area (Å²) in [5, 5.41) is 9.29. The van der Waals surface area contributed by atoms with Crippen molar-refractivity contribution in [3.05, 3.63) is 23.3 Å².